The van der Waals surface area contributed by atoms with E-state index < -0.39 is 0 Å². The molecule has 96 valence electrons. The molecule has 1 heteroatoms. The van der Waals surface area contributed by atoms with E-state index in [1.165, 1.54) is 27.4 Å². The Labute approximate surface area is 114 Å². The van der Waals surface area contributed by atoms with E-state index in [1.807, 2.05) is 0 Å². The highest BCUT2D eigenvalue weighted by atomic mass is 14.7. The minimum absolute atomic E-state index is 0.467. The van der Waals surface area contributed by atoms with Crippen molar-refractivity contribution in [2.75, 3.05) is 0 Å². The van der Waals surface area contributed by atoms with E-state index in [0.29, 0.717) is 5.92 Å². The Morgan fingerprint density at radius 3 is 2.42 bits per heavy atom. The van der Waals surface area contributed by atoms with Gasteiger partial charge in [0.2, 0.25) is 0 Å². The predicted molar refractivity (Wildman–Crippen MR) is 82.7 cm³/mol. The maximum absolute atomic E-state index is 4.86. The number of hydrogen-bond acceptors (Lipinski definition) is 1. The molecule has 1 aromatic heterocycles. The van der Waals surface area contributed by atoms with Crippen molar-refractivity contribution in [2.24, 2.45) is 0 Å². The van der Waals surface area contributed by atoms with Gasteiger partial charge in [-0.15, -0.1) is 0 Å². The lowest BCUT2D eigenvalue weighted by Crippen LogP contribution is -1.93. The molecule has 0 aliphatic heterocycles. The van der Waals surface area contributed by atoms with Gasteiger partial charge in [0.25, 0.3) is 0 Å². The molecule has 0 radical (unpaired) electrons. The highest BCUT2D eigenvalue weighted by molar-refractivity contribution is 6.05. The van der Waals surface area contributed by atoms with E-state index in [0.717, 1.165) is 11.9 Å². The van der Waals surface area contributed by atoms with E-state index in [2.05, 4.69) is 63.2 Å². The van der Waals surface area contributed by atoms with Gasteiger partial charge in [-0.05, 0) is 29.4 Å². The monoisotopic (exact) mass is 249 g/mol. The molecule has 0 unspecified atom stereocenters. The molecular weight excluding hydrogens is 230 g/mol. The van der Waals surface area contributed by atoms with E-state index in [-0.39, 0.29) is 0 Å². The lowest BCUT2D eigenvalue weighted by atomic mass is 10.0. The van der Waals surface area contributed by atoms with Crippen LogP contribution in [0.25, 0.3) is 21.7 Å². The molecule has 0 saturated heterocycles. The van der Waals surface area contributed by atoms with Gasteiger partial charge in [0, 0.05) is 16.5 Å². The average Bonchev–Trinajstić information content (AvgIpc) is 2.45. The first-order valence-electron chi connectivity index (χ1n) is 7.01. The summed E-state index contributed by atoms with van der Waals surface area (Å²) >= 11 is 0. The van der Waals surface area contributed by atoms with Gasteiger partial charge in [0.1, 0.15) is 0 Å². The molecule has 0 N–H and O–H groups in total. The quantitative estimate of drug-likeness (QED) is 0.577. The molecule has 3 rings (SSSR count). The topological polar surface area (TPSA) is 12.9 Å². The summed E-state index contributed by atoms with van der Waals surface area (Å²) in [6.45, 7) is 6.57. The van der Waals surface area contributed by atoms with E-state index >= 15 is 0 Å². The molecule has 0 atom stereocenters. The molecule has 1 heterocycles. The fourth-order valence-electron chi connectivity index (χ4n) is 2.52. The Balaban J connectivity index is 2.34. The van der Waals surface area contributed by atoms with E-state index in [4.69, 9.17) is 4.98 Å². The highest BCUT2D eigenvalue weighted by Crippen LogP contribution is 2.26. The summed E-state index contributed by atoms with van der Waals surface area (Å²) in [7, 11) is 0. The van der Waals surface area contributed by atoms with Crippen LogP contribution in [0.3, 0.4) is 0 Å². The molecule has 3 aromatic rings. The second-order valence-corrected chi connectivity index (χ2v) is 5.44. The highest BCUT2D eigenvalue weighted by Gasteiger charge is 2.06. The first-order valence-corrected chi connectivity index (χ1v) is 7.01. The summed E-state index contributed by atoms with van der Waals surface area (Å²) in [5.41, 5.74) is 3.68. The summed E-state index contributed by atoms with van der Waals surface area (Å²) in [6, 6.07) is 15.4. The Bertz CT molecular complexity index is 741. The van der Waals surface area contributed by atoms with E-state index in [9.17, 15) is 0 Å². The van der Waals surface area contributed by atoms with Crippen LogP contribution in [0, 0.1) is 0 Å². The fraction of sp³-hybridized carbons (Fsp3) is 0.278. The molecule has 0 spiro atoms. The summed E-state index contributed by atoms with van der Waals surface area (Å²) in [5, 5.41) is 3.78. The van der Waals surface area contributed by atoms with Crippen molar-refractivity contribution >= 4 is 21.7 Å². The van der Waals surface area contributed by atoms with Crippen molar-refractivity contribution in [1.82, 2.24) is 4.98 Å². The van der Waals surface area contributed by atoms with Crippen molar-refractivity contribution in [2.45, 2.75) is 33.1 Å². The Kier molecular flexibility index (Phi) is 2.98. The standard InChI is InChI=1S/C18H19N/c1-4-13-5-9-16-15(11-13)7-6-14-8-10-17(12(2)3)19-18(14)16/h5-12H,4H2,1-3H3. The zero-order valence-corrected chi connectivity index (χ0v) is 11.8. The molecule has 0 fully saturated rings. The number of fused-ring (bicyclic) bond motifs is 3. The van der Waals surface area contributed by atoms with Gasteiger partial charge in [-0.3, -0.25) is 4.98 Å². The molecule has 0 aliphatic carbocycles. The number of aryl methyl sites for hydroxylation is 1. The zero-order valence-electron chi connectivity index (χ0n) is 11.8. The summed E-state index contributed by atoms with van der Waals surface area (Å²) in [4.78, 5) is 4.86. The van der Waals surface area contributed by atoms with Crippen LogP contribution < -0.4 is 0 Å². The van der Waals surface area contributed by atoms with Crippen LogP contribution in [-0.2, 0) is 6.42 Å². The smallest absolute Gasteiger partial charge is 0.0783 e. The van der Waals surface area contributed by atoms with Crippen molar-refractivity contribution in [3.63, 3.8) is 0 Å². The predicted octanol–water partition coefficient (Wildman–Crippen LogP) is 5.07. The van der Waals surface area contributed by atoms with Crippen molar-refractivity contribution < 1.29 is 0 Å². The van der Waals surface area contributed by atoms with Crippen LogP contribution >= 0.6 is 0 Å². The number of nitrogens with zero attached hydrogens (tertiary/aromatic N) is 1. The van der Waals surface area contributed by atoms with Gasteiger partial charge in [0.05, 0.1) is 5.52 Å². The van der Waals surface area contributed by atoms with Gasteiger partial charge < -0.3 is 0 Å². The van der Waals surface area contributed by atoms with Crippen LogP contribution in [0.15, 0.2) is 42.5 Å². The molecular formula is C18H19N. The van der Waals surface area contributed by atoms with Crippen LogP contribution in [-0.4, -0.2) is 4.98 Å². The molecule has 1 nitrogen and oxygen atoms in total. The number of rotatable bonds is 2. The maximum Gasteiger partial charge on any atom is 0.0783 e. The minimum Gasteiger partial charge on any atom is -0.252 e. The number of pyridine rings is 1. The molecule has 0 amide bonds. The zero-order chi connectivity index (χ0) is 13.4. The third-order valence-corrected chi connectivity index (χ3v) is 3.76. The molecule has 19 heavy (non-hydrogen) atoms. The lowest BCUT2D eigenvalue weighted by Gasteiger charge is -2.09. The van der Waals surface area contributed by atoms with Gasteiger partial charge in [-0.25, -0.2) is 0 Å². The Hall–Kier alpha value is -1.89. The van der Waals surface area contributed by atoms with E-state index in [1.54, 1.807) is 0 Å². The molecule has 0 bridgehead atoms. The normalized spacial score (nSPS) is 11.6. The van der Waals surface area contributed by atoms with Gasteiger partial charge >= 0.3 is 0 Å². The largest absolute Gasteiger partial charge is 0.252 e. The number of benzene rings is 2. The first kappa shape index (κ1) is 12.2. The summed E-state index contributed by atoms with van der Waals surface area (Å²) in [5.74, 6) is 0.467. The van der Waals surface area contributed by atoms with Crippen molar-refractivity contribution in [3.8, 4) is 0 Å². The Morgan fingerprint density at radius 1 is 0.947 bits per heavy atom. The van der Waals surface area contributed by atoms with Gasteiger partial charge in [-0.1, -0.05) is 57.2 Å². The van der Waals surface area contributed by atoms with Crippen LogP contribution in [0.1, 0.15) is 37.9 Å². The van der Waals surface area contributed by atoms with Gasteiger partial charge in [-0.2, -0.15) is 0 Å². The first-order chi connectivity index (χ1) is 9.19. The third-order valence-electron chi connectivity index (χ3n) is 3.76. The average molecular weight is 249 g/mol. The van der Waals surface area contributed by atoms with Crippen LogP contribution in [0.2, 0.25) is 0 Å². The fourth-order valence-corrected chi connectivity index (χ4v) is 2.52. The number of aromatic nitrogens is 1. The van der Waals surface area contributed by atoms with Gasteiger partial charge in [0.15, 0.2) is 0 Å². The maximum atomic E-state index is 4.86. The van der Waals surface area contributed by atoms with Crippen molar-refractivity contribution in [1.29, 1.82) is 0 Å². The second kappa shape index (κ2) is 4.65. The summed E-state index contributed by atoms with van der Waals surface area (Å²) in [6.07, 6.45) is 1.08. The van der Waals surface area contributed by atoms with Crippen molar-refractivity contribution in [3.05, 3.63) is 53.7 Å². The second-order valence-electron chi connectivity index (χ2n) is 5.44. The number of hydrogen-bond donors (Lipinski definition) is 0. The molecule has 0 aliphatic rings. The minimum atomic E-state index is 0.467. The van der Waals surface area contributed by atoms with Crippen LogP contribution in [0.4, 0.5) is 0 Å². The summed E-state index contributed by atoms with van der Waals surface area (Å²) < 4.78 is 0. The molecule has 2 aromatic carbocycles. The third kappa shape index (κ3) is 2.10. The lowest BCUT2D eigenvalue weighted by molar-refractivity contribution is 0.830. The Morgan fingerprint density at radius 2 is 1.68 bits per heavy atom. The molecule has 0 saturated carbocycles. The van der Waals surface area contributed by atoms with Crippen LogP contribution in [0.5, 0.6) is 0 Å². The SMILES string of the molecule is CCc1ccc2c(ccc3ccc(C(C)C)nc32)c1.